The van der Waals surface area contributed by atoms with Crippen LogP contribution in [0.25, 0.3) is 11.4 Å². The molecular formula is C17H21N5O2S. The molecule has 0 spiro atoms. The molecule has 1 fully saturated rings. The molecule has 7 nitrogen and oxygen atoms in total. The lowest BCUT2D eigenvalue weighted by atomic mass is 9.97. The molecule has 3 rings (SSSR count). The summed E-state index contributed by atoms with van der Waals surface area (Å²) in [5.74, 6) is 0.344. The van der Waals surface area contributed by atoms with Crippen molar-refractivity contribution in [1.82, 2.24) is 20.1 Å². The monoisotopic (exact) mass is 359 g/mol. The van der Waals surface area contributed by atoms with Crippen LogP contribution in [0.15, 0.2) is 29.4 Å². The van der Waals surface area contributed by atoms with Gasteiger partial charge in [-0.15, -0.1) is 5.10 Å². The third-order valence-electron chi connectivity index (χ3n) is 4.29. The Bertz CT molecular complexity index is 759. The van der Waals surface area contributed by atoms with Crippen molar-refractivity contribution in [2.75, 3.05) is 18.8 Å². The molecule has 132 valence electrons. The summed E-state index contributed by atoms with van der Waals surface area (Å²) < 4.78 is 0. The average molecular weight is 359 g/mol. The molecule has 1 aromatic heterocycles. The topological polar surface area (TPSA) is 105 Å². The smallest absolute Gasteiger partial charge is 0.233 e. The lowest BCUT2D eigenvalue weighted by Gasteiger charge is -2.31. The number of carbonyl (C=O) groups excluding carboxylic acids is 2. The van der Waals surface area contributed by atoms with Crippen molar-refractivity contribution in [3.8, 4) is 11.4 Å². The number of nitrogens with one attached hydrogen (secondary N) is 1. The van der Waals surface area contributed by atoms with Gasteiger partial charge >= 0.3 is 0 Å². The molecule has 2 aromatic rings. The summed E-state index contributed by atoms with van der Waals surface area (Å²) in [6.07, 6.45) is 1.56. The lowest BCUT2D eigenvalue weighted by molar-refractivity contribution is -0.132. The largest absolute Gasteiger partial charge is 0.369 e. The van der Waals surface area contributed by atoms with Crippen LogP contribution in [-0.4, -0.2) is 50.7 Å². The number of thioether (sulfide) groups is 1. The van der Waals surface area contributed by atoms with Crippen molar-refractivity contribution < 1.29 is 9.59 Å². The average Bonchev–Trinajstić information content (AvgIpc) is 3.09. The Morgan fingerprint density at radius 1 is 1.36 bits per heavy atom. The van der Waals surface area contributed by atoms with Gasteiger partial charge in [0.25, 0.3) is 0 Å². The second-order valence-corrected chi connectivity index (χ2v) is 7.15. The molecule has 2 amide bonds. The third-order valence-corrected chi connectivity index (χ3v) is 5.12. The van der Waals surface area contributed by atoms with Gasteiger partial charge in [0.15, 0.2) is 5.82 Å². The van der Waals surface area contributed by atoms with Gasteiger partial charge in [0, 0.05) is 18.7 Å². The number of rotatable bonds is 5. The Labute approximate surface area is 150 Å². The van der Waals surface area contributed by atoms with Crippen molar-refractivity contribution >= 4 is 23.6 Å². The minimum atomic E-state index is -0.332. The quantitative estimate of drug-likeness (QED) is 0.789. The van der Waals surface area contributed by atoms with E-state index in [0.717, 1.165) is 18.4 Å². The Balaban J connectivity index is 1.56. The van der Waals surface area contributed by atoms with E-state index in [4.69, 9.17) is 5.73 Å². The van der Waals surface area contributed by atoms with Crippen LogP contribution in [0.1, 0.15) is 18.4 Å². The molecule has 1 aliphatic heterocycles. The van der Waals surface area contributed by atoms with E-state index >= 15 is 0 Å². The fraction of sp³-hybridized carbons (Fsp3) is 0.412. The summed E-state index contributed by atoms with van der Waals surface area (Å²) in [5, 5.41) is 7.59. The van der Waals surface area contributed by atoms with Gasteiger partial charge < -0.3 is 10.6 Å². The van der Waals surface area contributed by atoms with Gasteiger partial charge in [-0.05, 0) is 19.8 Å². The first-order chi connectivity index (χ1) is 12.0. The molecule has 25 heavy (non-hydrogen) atoms. The van der Waals surface area contributed by atoms with Crippen LogP contribution < -0.4 is 5.73 Å². The van der Waals surface area contributed by atoms with E-state index < -0.39 is 0 Å². The molecule has 8 heteroatoms. The molecule has 0 bridgehead atoms. The zero-order valence-corrected chi connectivity index (χ0v) is 14.9. The minimum Gasteiger partial charge on any atom is -0.369 e. The van der Waals surface area contributed by atoms with Crippen LogP contribution in [0, 0.1) is 12.8 Å². The number of carbonyl (C=O) groups is 2. The second kappa shape index (κ2) is 7.69. The molecule has 0 saturated carbocycles. The molecular weight excluding hydrogens is 338 g/mol. The fourth-order valence-corrected chi connectivity index (χ4v) is 3.51. The van der Waals surface area contributed by atoms with Gasteiger partial charge in [0.05, 0.1) is 11.7 Å². The number of primary amides is 1. The van der Waals surface area contributed by atoms with Crippen LogP contribution in [-0.2, 0) is 9.59 Å². The SMILES string of the molecule is Cc1ccc(-c2nc(SCC(=O)N3CCC[C@@H](C(N)=O)C3)n[nH]2)cc1. The highest BCUT2D eigenvalue weighted by Gasteiger charge is 2.27. The number of aryl methyl sites for hydroxylation is 1. The Morgan fingerprint density at radius 3 is 2.84 bits per heavy atom. The molecule has 1 atom stereocenters. The number of likely N-dealkylation sites (tertiary alicyclic amines) is 1. The van der Waals surface area contributed by atoms with E-state index in [9.17, 15) is 9.59 Å². The molecule has 1 saturated heterocycles. The number of hydrogen-bond acceptors (Lipinski definition) is 5. The number of piperidine rings is 1. The number of nitrogens with two attached hydrogens (primary N) is 1. The van der Waals surface area contributed by atoms with Crippen LogP contribution in [0.3, 0.4) is 0 Å². The summed E-state index contributed by atoms with van der Waals surface area (Å²) in [5.41, 5.74) is 7.49. The summed E-state index contributed by atoms with van der Waals surface area (Å²) in [7, 11) is 0. The number of aromatic amines is 1. The predicted molar refractivity (Wildman–Crippen MR) is 95.8 cm³/mol. The van der Waals surface area contributed by atoms with E-state index in [2.05, 4.69) is 15.2 Å². The number of amides is 2. The third kappa shape index (κ3) is 4.39. The highest BCUT2D eigenvalue weighted by atomic mass is 32.2. The number of aromatic nitrogens is 3. The molecule has 1 aromatic carbocycles. The number of nitrogens with zero attached hydrogens (tertiary/aromatic N) is 3. The summed E-state index contributed by atoms with van der Waals surface area (Å²) >= 11 is 1.29. The van der Waals surface area contributed by atoms with Gasteiger partial charge in [0.1, 0.15) is 0 Å². The number of benzene rings is 1. The van der Waals surface area contributed by atoms with Gasteiger partial charge in [0.2, 0.25) is 17.0 Å². The van der Waals surface area contributed by atoms with Crippen molar-refractivity contribution in [3.05, 3.63) is 29.8 Å². The maximum absolute atomic E-state index is 12.3. The highest BCUT2D eigenvalue weighted by molar-refractivity contribution is 7.99. The molecule has 0 radical (unpaired) electrons. The first-order valence-corrected chi connectivity index (χ1v) is 9.21. The van der Waals surface area contributed by atoms with Gasteiger partial charge in [-0.1, -0.05) is 41.6 Å². The maximum Gasteiger partial charge on any atom is 0.233 e. The van der Waals surface area contributed by atoms with E-state index in [-0.39, 0.29) is 23.5 Å². The maximum atomic E-state index is 12.3. The zero-order chi connectivity index (χ0) is 17.8. The summed E-state index contributed by atoms with van der Waals surface area (Å²) in [4.78, 5) is 29.8. The summed E-state index contributed by atoms with van der Waals surface area (Å²) in [6.45, 7) is 3.11. The van der Waals surface area contributed by atoms with Crippen LogP contribution in [0.2, 0.25) is 0 Å². The van der Waals surface area contributed by atoms with Gasteiger partial charge in [-0.2, -0.15) is 0 Å². The first-order valence-electron chi connectivity index (χ1n) is 8.22. The van der Waals surface area contributed by atoms with Gasteiger partial charge in [-0.3, -0.25) is 14.7 Å². The minimum absolute atomic E-state index is 0.0161. The summed E-state index contributed by atoms with van der Waals surface area (Å²) in [6, 6.07) is 7.99. The lowest BCUT2D eigenvalue weighted by Crippen LogP contribution is -2.44. The Kier molecular flexibility index (Phi) is 5.37. The molecule has 0 unspecified atom stereocenters. The van der Waals surface area contributed by atoms with E-state index in [1.807, 2.05) is 31.2 Å². The Hall–Kier alpha value is -2.35. The predicted octanol–water partition coefficient (Wildman–Crippen LogP) is 1.60. The normalized spacial score (nSPS) is 17.5. The zero-order valence-electron chi connectivity index (χ0n) is 14.1. The fourth-order valence-electron chi connectivity index (χ4n) is 2.80. The van der Waals surface area contributed by atoms with Crippen LogP contribution in [0.4, 0.5) is 0 Å². The first kappa shape index (κ1) is 17.5. The molecule has 3 N–H and O–H groups in total. The number of hydrogen-bond donors (Lipinski definition) is 2. The number of H-pyrrole nitrogens is 1. The standard InChI is InChI=1S/C17H21N5O2S/c1-11-4-6-12(7-5-11)16-19-17(21-20-16)25-10-14(23)22-8-2-3-13(9-22)15(18)24/h4-7,13H,2-3,8-10H2,1H3,(H2,18,24)(H,19,20,21)/t13-/m1/s1. The molecule has 2 heterocycles. The van der Waals surface area contributed by atoms with Crippen molar-refractivity contribution in [2.45, 2.75) is 24.9 Å². The van der Waals surface area contributed by atoms with E-state index in [1.54, 1.807) is 4.90 Å². The van der Waals surface area contributed by atoms with E-state index in [0.29, 0.717) is 24.1 Å². The molecule has 0 aliphatic carbocycles. The molecule has 1 aliphatic rings. The Morgan fingerprint density at radius 2 is 2.12 bits per heavy atom. The van der Waals surface area contributed by atoms with Crippen molar-refractivity contribution in [2.24, 2.45) is 11.7 Å². The van der Waals surface area contributed by atoms with Crippen molar-refractivity contribution in [3.63, 3.8) is 0 Å². The van der Waals surface area contributed by atoms with E-state index in [1.165, 1.54) is 17.3 Å². The van der Waals surface area contributed by atoms with Crippen LogP contribution >= 0.6 is 11.8 Å². The van der Waals surface area contributed by atoms with Crippen LogP contribution in [0.5, 0.6) is 0 Å². The highest BCUT2D eigenvalue weighted by Crippen LogP contribution is 2.21. The van der Waals surface area contributed by atoms with Gasteiger partial charge in [-0.25, -0.2) is 4.98 Å². The van der Waals surface area contributed by atoms with Crippen molar-refractivity contribution in [1.29, 1.82) is 0 Å². The second-order valence-electron chi connectivity index (χ2n) is 6.20.